The van der Waals surface area contributed by atoms with Gasteiger partial charge in [-0.25, -0.2) is 0 Å². The molecule has 2 unspecified atom stereocenters. The van der Waals surface area contributed by atoms with Crippen LogP contribution in [0, 0.1) is 5.92 Å². The van der Waals surface area contributed by atoms with Gasteiger partial charge < -0.3 is 14.6 Å². The predicted octanol–water partition coefficient (Wildman–Crippen LogP) is 0.267. The van der Waals surface area contributed by atoms with Crippen LogP contribution in [0.3, 0.4) is 0 Å². The first-order chi connectivity index (χ1) is 7.88. The molecule has 1 aliphatic rings. The zero-order valence-electron chi connectivity index (χ0n) is 11.1. The fourth-order valence-corrected chi connectivity index (χ4v) is 1.77. The fraction of sp³-hybridized carbons (Fsp3) is 0.917. The van der Waals surface area contributed by atoms with Crippen molar-refractivity contribution >= 4 is 5.97 Å². The van der Waals surface area contributed by atoms with Gasteiger partial charge in [-0.1, -0.05) is 13.8 Å². The van der Waals surface area contributed by atoms with Gasteiger partial charge in [-0.15, -0.1) is 0 Å². The fourth-order valence-electron chi connectivity index (χ4n) is 1.77. The summed E-state index contributed by atoms with van der Waals surface area (Å²) in [5.74, 6) is -0.173. The molecule has 5 heteroatoms. The number of ether oxygens (including phenoxy) is 2. The highest BCUT2D eigenvalue weighted by Gasteiger charge is 2.36. The van der Waals surface area contributed by atoms with Crippen LogP contribution in [0.15, 0.2) is 0 Å². The van der Waals surface area contributed by atoms with Crippen molar-refractivity contribution in [2.45, 2.75) is 32.4 Å². The van der Waals surface area contributed by atoms with E-state index in [0.29, 0.717) is 26.3 Å². The van der Waals surface area contributed by atoms with Crippen LogP contribution in [0.2, 0.25) is 0 Å². The monoisotopic (exact) mass is 245 g/mol. The second kappa shape index (κ2) is 5.80. The molecular formula is C12H23NO4. The number of nitrogens with zero attached hydrogens (tertiary/aromatic N) is 1. The highest BCUT2D eigenvalue weighted by molar-refractivity contribution is 5.75. The van der Waals surface area contributed by atoms with E-state index in [1.165, 1.54) is 7.11 Å². The third-order valence-electron chi connectivity index (χ3n) is 3.48. The lowest BCUT2D eigenvalue weighted by Gasteiger charge is -2.39. The molecule has 0 aromatic heterocycles. The quantitative estimate of drug-likeness (QED) is 0.720. The summed E-state index contributed by atoms with van der Waals surface area (Å²) in [6.45, 7) is 7.74. The molecule has 0 aromatic rings. The molecule has 5 nitrogen and oxygen atoms in total. The topological polar surface area (TPSA) is 59.0 Å². The van der Waals surface area contributed by atoms with Crippen molar-refractivity contribution in [3.05, 3.63) is 0 Å². The molecule has 0 radical (unpaired) electrons. The summed E-state index contributed by atoms with van der Waals surface area (Å²) in [6, 6.07) is -0.404. The zero-order valence-corrected chi connectivity index (χ0v) is 11.1. The van der Waals surface area contributed by atoms with Crippen LogP contribution in [-0.4, -0.2) is 61.0 Å². The van der Waals surface area contributed by atoms with E-state index in [4.69, 9.17) is 9.47 Å². The Labute approximate surface area is 103 Å². The van der Waals surface area contributed by atoms with Gasteiger partial charge in [0, 0.05) is 13.1 Å². The van der Waals surface area contributed by atoms with E-state index in [9.17, 15) is 9.90 Å². The van der Waals surface area contributed by atoms with Crippen molar-refractivity contribution < 1.29 is 19.4 Å². The molecule has 0 amide bonds. The lowest BCUT2D eigenvalue weighted by molar-refractivity contribution is -0.156. The van der Waals surface area contributed by atoms with Crippen LogP contribution in [0.4, 0.5) is 0 Å². The Bertz CT molecular complexity index is 265. The Hall–Kier alpha value is -0.650. The number of esters is 1. The minimum absolute atomic E-state index is 0.128. The van der Waals surface area contributed by atoms with Crippen LogP contribution in [0.25, 0.3) is 0 Å². The van der Waals surface area contributed by atoms with Gasteiger partial charge in [0.05, 0.1) is 25.9 Å². The summed E-state index contributed by atoms with van der Waals surface area (Å²) < 4.78 is 10.0. The number of carbonyl (C=O) groups excluding carboxylic acids is 1. The average molecular weight is 245 g/mol. The highest BCUT2D eigenvalue weighted by atomic mass is 16.5. The first-order valence-electron chi connectivity index (χ1n) is 6.00. The van der Waals surface area contributed by atoms with Gasteiger partial charge in [0.25, 0.3) is 0 Å². The summed E-state index contributed by atoms with van der Waals surface area (Å²) >= 11 is 0. The van der Waals surface area contributed by atoms with E-state index >= 15 is 0 Å². The number of hydrogen-bond donors (Lipinski definition) is 1. The second-order valence-corrected chi connectivity index (χ2v) is 5.10. The minimum atomic E-state index is -0.816. The van der Waals surface area contributed by atoms with Gasteiger partial charge in [-0.05, 0) is 12.8 Å². The number of hydrogen-bond acceptors (Lipinski definition) is 5. The van der Waals surface area contributed by atoms with Crippen molar-refractivity contribution in [2.75, 3.05) is 33.4 Å². The molecule has 0 aliphatic carbocycles. The Morgan fingerprint density at radius 2 is 2.29 bits per heavy atom. The van der Waals surface area contributed by atoms with Crippen LogP contribution >= 0.6 is 0 Å². The number of methoxy groups -OCH3 is 1. The van der Waals surface area contributed by atoms with Crippen LogP contribution in [0.1, 0.15) is 20.8 Å². The van der Waals surface area contributed by atoms with Crippen molar-refractivity contribution in [3.63, 3.8) is 0 Å². The van der Waals surface area contributed by atoms with E-state index in [-0.39, 0.29) is 11.9 Å². The van der Waals surface area contributed by atoms with Crippen molar-refractivity contribution in [3.8, 4) is 0 Å². The molecule has 1 heterocycles. The molecule has 17 heavy (non-hydrogen) atoms. The Kier molecular flexibility index (Phi) is 4.91. The number of carbonyl (C=O) groups is 1. The summed E-state index contributed by atoms with van der Waals surface area (Å²) in [5, 5.41) is 10.3. The maximum atomic E-state index is 11.6. The Morgan fingerprint density at radius 3 is 2.82 bits per heavy atom. The lowest BCUT2D eigenvalue weighted by atomic mass is 9.91. The molecule has 100 valence electrons. The Balaban J connectivity index is 2.69. The van der Waals surface area contributed by atoms with Gasteiger partial charge in [0.2, 0.25) is 0 Å². The molecule has 1 aliphatic heterocycles. The number of β-amino-alcohol motifs (C(OH)–C–C–N with tert-alkyl or cyclic N) is 1. The van der Waals surface area contributed by atoms with Gasteiger partial charge in [0.1, 0.15) is 6.04 Å². The maximum Gasteiger partial charge on any atom is 0.325 e. The average Bonchev–Trinajstić information content (AvgIpc) is 2.28. The third-order valence-corrected chi connectivity index (χ3v) is 3.48. The molecule has 0 aromatic carbocycles. The molecule has 1 saturated heterocycles. The number of rotatable bonds is 4. The van der Waals surface area contributed by atoms with Crippen LogP contribution in [0.5, 0.6) is 0 Å². The summed E-state index contributed by atoms with van der Waals surface area (Å²) in [7, 11) is 1.37. The van der Waals surface area contributed by atoms with Gasteiger partial charge in [0.15, 0.2) is 0 Å². The van der Waals surface area contributed by atoms with Gasteiger partial charge in [-0.2, -0.15) is 0 Å². The standard InChI is InChI=1S/C12H23NO4/c1-9(2)12(3,15)8-13-5-6-17-7-10(13)11(14)16-4/h9-10,15H,5-8H2,1-4H3. The van der Waals surface area contributed by atoms with E-state index in [1.807, 2.05) is 18.7 Å². The zero-order chi connectivity index (χ0) is 13.1. The first-order valence-corrected chi connectivity index (χ1v) is 6.00. The largest absolute Gasteiger partial charge is 0.468 e. The maximum absolute atomic E-state index is 11.6. The molecule has 0 spiro atoms. The number of aliphatic hydroxyl groups is 1. The highest BCUT2D eigenvalue weighted by Crippen LogP contribution is 2.20. The molecule has 1 rings (SSSR count). The summed E-state index contributed by atoms with van der Waals surface area (Å²) in [4.78, 5) is 13.5. The molecular weight excluding hydrogens is 222 g/mol. The van der Waals surface area contributed by atoms with Gasteiger partial charge in [-0.3, -0.25) is 9.69 Å². The molecule has 0 saturated carbocycles. The van der Waals surface area contributed by atoms with E-state index in [0.717, 1.165) is 0 Å². The predicted molar refractivity (Wildman–Crippen MR) is 63.7 cm³/mol. The molecule has 2 atom stereocenters. The first kappa shape index (κ1) is 14.4. The third kappa shape index (κ3) is 3.66. The van der Waals surface area contributed by atoms with E-state index < -0.39 is 11.6 Å². The van der Waals surface area contributed by atoms with Crippen LogP contribution in [-0.2, 0) is 14.3 Å². The lowest BCUT2D eigenvalue weighted by Crippen LogP contribution is -2.56. The minimum Gasteiger partial charge on any atom is -0.468 e. The summed E-state index contributed by atoms with van der Waals surface area (Å²) in [6.07, 6.45) is 0. The smallest absolute Gasteiger partial charge is 0.325 e. The molecule has 1 fully saturated rings. The van der Waals surface area contributed by atoms with Gasteiger partial charge >= 0.3 is 5.97 Å². The van der Waals surface area contributed by atoms with Crippen molar-refractivity contribution in [1.29, 1.82) is 0 Å². The van der Waals surface area contributed by atoms with Crippen LogP contribution < -0.4 is 0 Å². The van der Waals surface area contributed by atoms with Crippen molar-refractivity contribution in [2.24, 2.45) is 5.92 Å². The Morgan fingerprint density at radius 1 is 1.65 bits per heavy atom. The normalized spacial score (nSPS) is 25.6. The SMILES string of the molecule is COC(=O)C1COCCN1CC(C)(O)C(C)C. The van der Waals surface area contributed by atoms with E-state index in [2.05, 4.69) is 0 Å². The molecule has 1 N–H and O–H groups in total. The van der Waals surface area contributed by atoms with Crippen molar-refractivity contribution in [1.82, 2.24) is 4.90 Å². The second-order valence-electron chi connectivity index (χ2n) is 5.10. The van der Waals surface area contributed by atoms with E-state index in [1.54, 1.807) is 6.92 Å². The number of morpholine rings is 1. The summed E-state index contributed by atoms with van der Waals surface area (Å²) in [5.41, 5.74) is -0.816. The molecule has 0 bridgehead atoms.